The number of rotatable bonds is 2. The van der Waals surface area contributed by atoms with Crippen molar-refractivity contribution in [1.29, 1.82) is 0 Å². The largest absolute Gasteiger partial charge is 0.381 e. The predicted molar refractivity (Wildman–Crippen MR) is 59.0 cm³/mol. The number of aliphatic hydroxyl groups excluding tert-OH is 1. The Balaban J connectivity index is 2.33. The maximum Gasteiger partial charge on any atom is 0.199 e. The van der Waals surface area contributed by atoms with Crippen LogP contribution in [0.1, 0.15) is 10.4 Å². The summed E-state index contributed by atoms with van der Waals surface area (Å²) in [5.74, 6) is -0.898. The van der Waals surface area contributed by atoms with E-state index in [0.717, 1.165) is 0 Å². The highest BCUT2D eigenvalue weighted by Crippen LogP contribution is 2.14. The van der Waals surface area contributed by atoms with Crippen molar-refractivity contribution in [1.82, 2.24) is 0 Å². The van der Waals surface area contributed by atoms with Crippen molar-refractivity contribution in [3.63, 3.8) is 0 Å². The van der Waals surface area contributed by atoms with Crippen LogP contribution in [0.15, 0.2) is 54.1 Å². The van der Waals surface area contributed by atoms with Crippen LogP contribution in [0, 0.1) is 0 Å². The molecule has 0 saturated carbocycles. The molecule has 1 aromatic carbocycles. The first-order chi connectivity index (χ1) is 7.70. The minimum absolute atomic E-state index is 0.0289. The zero-order valence-electron chi connectivity index (χ0n) is 8.46. The van der Waals surface area contributed by atoms with Crippen LogP contribution in [0.5, 0.6) is 0 Å². The number of aliphatic hydroxyl groups is 1. The van der Waals surface area contributed by atoms with E-state index in [1.165, 1.54) is 18.2 Å². The number of Topliss-reactive ketones (excluding diaryl/α,β-unsaturated/α-hetero) is 2. The average molecular weight is 214 g/mol. The third-order valence-corrected chi connectivity index (χ3v) is 2.37. The second-order valence-electron chi connectivity index (χ2n) is 3.47. The summed E-state index contributed by atoms with van der Waals surface area (Å²) >= 11 is 0. The Hall–Kier alpha value is -2.00. The molecule has 2 rings (SSSR count). The lowest BCUT2D eigenvalue weighted by Gasteiger charge is -2.11. The highest BCUT2D eigenvalue weighted by molar-refractivity contribution is 6.28. The quantitative estimate of drug-likeness (QED) is 0.596. The topological polar surface area (TPSA) is 54.4 Å². The van der Waals surface area contributed by atoms with Crippen LogP contribution in [0.4, 0.5) is 0 Å². The van der Waals surface area contributed by atoms with Crippen molar-refractivity contribution >= 4 is 11.6 Å². The van der Waals surface area contributed by atoms with Crippen molar-refractivity contribution in [2.75, 3.05) is 0 Å². The third-order valence-electron chi connectivity index (χ3n) is 2.37. The second kappa shape index (κ2) is 4.24. The monoisotopic (exact) mass is 214 g/mol. The first kappa shape index (κ1) is 10.5. The Labute approximate surface area is 92.7 Å². The SMILES string of the molecule is O=C(C1=CC=CC(O)C1=O)c1ccccc1. The highest BCUT2D eigenvalue weighted by atomic mass is 16.3. The molecule has 1 aliphatic rings. The number of ketones is 2. The van der Waals surface area contributed by atoms with Gasteiger partial charge in [0.05, 0.1) is 5.57 Å². The van der Waals surface area contributed by atoms with Gasteiger partial charge in [-0.25, -0.2) is 0 Å². The van der Waals surface area contributed by atoms with E-state index in [4.69, 9.17) is 0 Å². The molecule has 1 N–H and O–H groups in total. The first-order valence-electron chi connectivity index (χ1n) is 4.90. The zero-order chi connectivity index (χ0) is 11.5. The van der Waals surface area contributed by atoms with Crippen LogP contribution in [-0.4, -0.2) is 22.8 Å². The summed E-state index contributed by atoms with van der Waals surface area (Å²) in [6.45, 7) is 0. The number of benzene rings is 1. The Bertz CT molecular complexity index is 483. The summed E-state index contributed by atoms with van der Waals surface area (Å²) < 4.78 is 0. The second-order valence-corrected chi connectivity index (χ2v) is 3.47. The summed E-state index contributed by atoms with van der Waals surface area (Å²) in [7, 11) is 0. The fraction of sp³-hybridized carbons (Fsp3) is 0.0769. The van der Waals surface area contributed by atoms with Crippen molar-refractivity contribution < 1.29 is 14.7 Å². The van der Waals surface area contributed by atoms with Crippen molar-refractivity contribution in [3.8, 4) is 0 Å². The fourth-order valence-electron chi connectivity index (χ4n) is 1.52. The molecule has 0 radical (unpaired) electrons. The van der Waals surface area contributed by atoms with E-state index < -0.39 is 11.9 Å². The minimum atomic E-state index is -1.20. The molecule has 0 spiro atoms. The molecule has 0 bridgehead atoms. The van der Waals surface area contributed by atoms with Crippen LogP contribution in [-0.2, 0) is 4.79 Å². The van der Waals surface area contributed by atoms with E-state index in [9.17, 15) is 14.7 Å². The van der Waals surface area contributed by atoms with Crippen molar-refractivity contribution in [2.24, 2.45) is 0 Å². The molecule has 3 nitrogen and oxygen atoms in total. The first-order valence-corrected chi connectivity index (χ1v) is 4.90. The van der Waals surface area contributed by atoms with Crippen LogP contribution in [0.3, 0.4) is 0 Å². The molecule has 0 amide bonds. The van der Waals surface area contributed by atoms with E-state index in [1.54, 1.807) is 30.3 Å². The minimum Gasteiger partial charge on any atom is -0.381 e. The lowest BCUT2D eigenvalue weighted by Crippen LogP contribution is -2.26. The number of allylic oxidation sites excluding steroid dienone is 2. The van der Waals surface area contributed by atoms with Gasteiger partial charge in [0, 0.05) is 5.56 Å². The fourth-order valence-corrected chi connectivity index (χ4v) is 1.52. The van der Waals surface area contributed by atoms with Crippen LogP contribution in [0.25, 0.3) is 0 Å². The lowest BCUT2D eigenvalue weighted by atomic mass is 9.94. The number of hydrogen-bond donors (Lipinski definition) is 1. The van der Waals surface area contributed by atoms with Gasteiger partial charge in [-0.15, -0.1) is 0 Å². The van der Waals surface area contributed by atoms with Gasteiger partial charge in [-0.1, -0.05) is 36.4 Å². The normalized spacial score (nSPS) is 19.4. The standard InChI is InChI=1S/C13H10O3/c14-11-8-4-7-10(13(11)16)12(15)9-5-2-1-3-6-9/h1-8,11,14H. The van der Waals surface area contributed by atoms with Crippen molar-refractivity contribution in [2.45, 2.75) is 6.10 Å². The van der Waals surface area contributed by atoms with Gasteiger partial charge in [-0.3, -0.25) is 9.59 Å². The molecule has 1 unspecified atom stereocenters. The summed E-state index contributed by atoms with van der Waals surface area (Å²) in [6.07, 6.45) is 3.10. The van der Waals surface area contributed by atoms with Gasteiger partial charge in [0.2, 0.25) is 0 Å². The predicted octanol–water partition coefficient (Wildman–Crippen LogP) is 1.30. The smallest absolute Gasteiger partial charge is 0.199 e. The van der Waals surface area contributed by atoms with E-state index in [0.29, 0.717) is 5.56 Å². The molecule has 0 aromatic heterocycles. The molecular weight excluding hydrogens is 204 g/mol. The average Bonchev–Trinajstić information content (AvgIpc) is 2.33. The number of carbonyl (C=O) groups is 2. The van der Waals surface area contributed by atoms with Crippen LogP contribution >= 0.6 is 0 Å². The molecule has 0 aliphatic heterocycles. The molecule has 1 aliphatic carbocycles. The molecular formula is C13H10O3. The molecule has 0 saturated heterocycles. The lowest BCUT2D eigenvalue weighted by molar-refractivity contribution is -0.121. The van der Waals surface area contributed by atoms with E-state index >= 15 is 0 Å². The Morgan fingerprint density at radius 2 is 1.88 bits per heavy atom. The van der Waals surface area contributed by atoms with Gasteiger partial charge >= 0.3 is 0 Å². The van der Waals surface area contributed by atoms with Gasteiger partial charge in [0.15, 0.2) is 11.6 Å². The Morgan fingerprint density at radius 1 is 1.19 bits per heavy atom. The summed E-state index contributed by atoms with van der Waals surface area (Å²) in [5, 5.41) is 9.31. The molecule has 1 aromatic rings. The Kier molecular flexibility index (Phi) is 2.79. The highest BCUT2D eigenvalue weighted by Gasteiger charge is 2.25. The maximum absolute atomic E-state index is 11.9. The summed E-state index contributed by atoms with van der Waals surface area (Å²) in [4.78, 5) is 23.5. The van der Waals surface area contributed by atoms with Gasteiger partial charge in [0.1, 0.15) is 6.10 Å². The molecule has 0 heterocycles. The van der Waals surface area contributed by atoms with E-state index in [2.05, 4.69) is 0 Å². The van der Waals surface area contributed by atoms with Gasteiger partial charge in [-0.05, 0) is 12.2 Å². The molecule has 3 heteroatoms. The van der Waals surface area contributed by atoms with E-state index in [-0.39, 0.29) is 11.4 Å². The molecule has 1 atom stereocenters. The van der Waals surface area contributed by atoms with Crippen LogP contribution < -0.4 is 0 Å². The molecule has 16 heavy (non-hydrogen) atoms. The van der Waals surface area contributed by atoms with E-state index in [1.807, 2.05) is 0 Å². The van der Waals surface area contributed by atoms with Gasteiger partial charge < -0.3 is 5.11 Å². The Morgan fingerprint density at radius 3 is 2.56 bits per heavy atom. The molecule has 0 fully saturated rings. The summed E-state index contributed by atoms with van der Waals surface area (Å²) in [5.41, 5.74) is 0.478. The van der Waals surface area contributed by atoms with Gasteiger partial charge in [-0.2, -0.15) is 0 Å². The van der Waals surface area contributed by atoms with Crippen molar-refractivity contribution in [3.05, 3.63) is 59.7 Å². The third kappa shape index (κ3) is 1.85. The maximum atomic E-state index is 11.9. The number of carbonyl (C=O) groups excluding carboxylic acids is 2. The number of hydrogen-bond acceptors (Lipinski definition) is 3. The van der Waals surface area contributed by atoms with Gasteiger partial charge in [0.25, 0.3) is 0 Å². The van der Waals surface area contributed by atoms with Crippen LogP contribution in [0.2, 0.25) is 0 Å². The zero-order valence-corrected chi connectivity index (χ0v) is 8.46. The molecule has 80 valence electrons. The summed E-state index contributed by atoms with van der Waals surface area (Å²) in [6, 6.07) is 8.53.